The summed E-state index contributed by atoms with van der Waals surface area (Å²) in [6.45, 7) is 3.93. The minimum absolute atomic E-state index is 0.0220. The SMILES string of the molecule is COc1cc2c(=O)n(-c3ccc4c(cc(C)n4C)c3F)c(C)c(C(=O)N3CCC(F)CC3)c2nc1OC. The van der Waals surface area contributed by atoms with Crippen LogP contribution in [0.2, 0.25) is 0 Å². The molecule has 3 aromatic heterocycles. The third kappa shape index (κ3) is 3.82. The van der Waals surface area contributed by atoms with E-state index >= 15 is 4.39 Å². The maximum Gasteiger partial charge on any atom is 0.265 e. The number of pyridine rings is 2. The van der Waals surface area contributed by atoms with Crippen molar-refractivity contribution in [3.8, 4) is 17.3 Å². The van der Waals surface area contributed by atoms with Crippen LogP contribution in [0.1, 0.15) is 34.6 Å². The summed E-state index contributed by atoms with van der Waals surface area (Å²) in [5, 5.41) is 0.447. The van der Waals surface area contributed by atoms with Gasteiger partial charge in [-0.2, -0.15) is 0 Å². The van der Waals surface area contributed by atoms with Crippen molar-refractivity contribution in [3.63, 3.8) is 0 Å². The minimum Gasteiger partial charge on any atom is -0.491 e. The van der Waals surface area contributed by atoms with E-state index in [-0.39, 0.29) is 65.4 Å². The Kier molecular flexibility index (Phi) is 6.13. The van der Waals surface area contributed by atoms with Crippen molar-refractivity contribution in [2.45, 2.75) is 32.9 Å². The highest BCUT2D eigenvalue weighted by Gasteiger charge is 2.30. The number of carbonyl (C=O) groups excluding carboxylic acids is 1. The van der Waals surface area contributed by atoms with Gasteiger partial charge in [0.15, 0.2) is 11.6 Å². The Morgan fingerprint density at radius 1 is 1.08 bits per heavy atom. The minimum atomic E-state index is -0.964. The fraction of sp³-hybridized carbons (Fsp3) is 0.370. The predicted octanol–water partition coefficient (Wildman–Crippen LogP) is 4.22. The van der Waals surface area contributed by atoms with Gasteiger partial charge >= 0.3 is 0 Å². The van der Waals surface area contributed by atoms with Gasteiger partial charge in [-0.1, -0.05) is 0 Å². The first-order chi connectivity index (χ1) is 17.7. The van der Waals surface area contributed by atoms with Gasteiger partial charge in [0, 0.05) is 43.0 Å². The van der Waals surface area contributed by atoms with Gasteiger partial charge in [0.2, 0.25) is 0 Å². The van der Waals surface area contributed by atoms with E-state index in [0.29, 0.717) is 10.9 Å². The molecule has 0 spiro atoms. The Bertz CT molecular complexity index is 1620. The highest BCUT2D eigenvalue weighted by molar-refractivity contribution is 6.07. The number of ether oxygens (including phenoxy) is 2. The molecule has 1 amide bonds. The van der Waals surface area contributed by atoms with E-state index in [1.807, 2.05) is 18.5 Å². The number of carbonyl (C=O) groups is 1. The Balaban J connectivity index is 1.84. The second-order valence-electron chi connectivity index (χ2n) is 9.34. The molecule has 5 rings (SSSR count). The summed E-state index contributed by atoms with van der Waals surface area (Å²) in [7, 11) is 4.66. The highest BCUT2D eigenvalue weighted by atomic mass is 19.1. The molecule has 1 aromatic carbocycles. The van der Waals surface area contributed by atoms with Crippen LogP contribution in [0.3, 0.4) is 0 Å². The van der Waals surface area contributed by atoms with Crippen LogP contribution in [-0.2, 0) is 7.05 Å². The monoisotopic (exact) mass is 510 g/mol. The predicted molar refractivity (Wildman–Crippen MR) is 136 cm³/mol. The molecule has 37 heavy (non-hydrogen) atoms. The number of hydrogen-bond acceptors (Lipinski definition) is 5. The Labute approximate surface area is 212 Å². The van der Waals surface area contributed by atoms with E-state index in [0.717, 1.165) is 5.69 Å². The van der Waals surface area contributed by atoms with Crippen LogP contribution in [-0.4, -0.2) is 58.4 Å². The zero-order valence-corrected chi connectivity index (χ0v) is 21.4. The molecule has 4 aromatic rings. The topological polar surface area (TPSA) is 78.6 Å². The lowest BCUT2D eigenvalue weighted by molar-refractivity contribution is 0.0667. The molecule has 1 saturated heterocycles. The smallest absolute Gasteiger partial charge is 0.265 e. The van der Waals surface area contributed by atoms with Crippen molar-refractivity contribution in [1.29, 1.82) is 0 Å². The lowest BCUT2D eigenvalue weighted by atomic mass is 10.0. The number of hydrogen-bond donors (Lipinski definition) is 0. The Hall–Kier alpha value is -3.95. The zero-order chi connectivity index (χ0) is 26.6. The van der Waals surface area contributed by atoms with Crippen LogP contribution in [0.25, 0.3) is 27.5 Å². The summed E-state index contributed by atoms with van der Waals surface area (Å²) in [5.74, 6) is -0.667. The maximum atomic E-state index is 15.9. The molecule has 4 heterocycles. The number of aryl methyl sites for hydroxylation is 2. The van der Waals surface area contributed by atoms with Crippen LogP contribution in [0.4, 0.5) is 8.78 Å². The summed E-state index contributed by atoms with van der Waals surface area (Å²) in [6.07, 6.45) is -0.509. The van der Waals surface area contributed by atoms with Gasteiger partial charge in [-0.15, -0.1) is 0 Å². The standard InChI is InChI=1S/C27H28F2N4O4/c1-14-12-17-19(31(14)3)6-7-20(23(17)29)33-15(2)22(27(35)32-10-8-16(28)9-11-32)24-18(26(33)34)13-21(36-4)25(30-24)37-5/h6-7,12-13,16H,8-11H2,1-5H3. The summed E-state index contributed by atoms with van der Waals surface area (Å²) < 4.78 is 43.5. The number of halogens is 2. The Morgan fingerprint density at radius 2 is 1.78 bits per heavy atom. The maximum absolute atomic E-state index is 15.9. The molecule has 10 heteroatoms. The van der Waals surface area contributed by atoms with E-state index in [1.165, 1.54) is 30.9 Å². The molecule has 194 valence electrons. The molecular formula is C27H28F2N4O4. The number of fused-ring (bicyclic) bond motifs is 2. The van der Waals surface area contributed by atoms with Crippen LogP contribution >= 0.6 is 0 Å². The molecule has 1 fully saturated rings. The number of amides is 1. The number of likely N-dealkylation sites (tertiary alicyclic amines) is 1. The number of benzene rings is 1. The first-order valence-corrected chi connectivity index (χ1v) is 12.0. The summed E-state index contributed by atoms with van der Waals surface area (Å²) >= 11 is 0. The van der Waals surface area contributed by atoms with Gasteiger partial charge in [-0.3, -0.25) is 14.2 Å². The number of nitrogens with zero attached hydrogens (tertiary/aromatic N) is 4. The second kappa shape index (κ2) is 9.17. The molecule has 8 nitrogen and oxygen atoms in total. The number of piperidine rings is 1. The van der Waals surface area contributed by atoms with Gasteiger partial charge in [0.25, 0.3) is 17.3 Å². The van der Waals surface area contributed by atoms with E-state index in [1.54, 1.807) is 24.0 Å². The highest BCUT2D eigenvalue weighted by Crippen LogP contribution is 2.33. The third-order valence-electron chi connectivity index (χ3n) is 7.28. The first kappa shape index (κ1) is 24.7. The number of aromatic nitrogens is 3. The van der Waals surface area contributed by atoms with Crippen LogP contribution in [0.15, 0.2) is 29.1 Å². The van der Waals surface area contributed by atoms with Gasteiger partial charge < -0.3 is 18.9 Å². The molecule has 0 atom stereocenters. The van der Waals surface area contributed by atoms with E-state index in [2.05, 4.69) is 4.98 Å². The van der Waals surface area contributed by atoms with E-state index in [9.17, 15) is 14.0 Å². The molecule has 0 unspecified atom stereocenters. The molecule has 1 aliphatic rings. The van der Waals surface area contributed by atoms with Crippen molar-refractivity contribution >= 4 is 27.7 Å². The quantitative estimate of drug-likeness (QED) is 0.411. The van der Waals surface area contributed by atoms with Crippen LogP contribution < -0.4 is 15.0 Å². The number of alkyl halides is 1. The summed E-state index contributed by atoms with van der Waals surface area (Å²) in [6, 6.07) is 6.46. The second-order valence-corrected chi connectivity index (χ2v) is 9.34. The molecule has 0 N–H and O–H groups in total. The lowest BCUT2D eigenvalue weighted by Crippen LogP contribution is -2.40. The van der Waals surface area contributed by atoms with Crippen LogP contribution in [0.5, 0.6) is 11.6 Å². The van der Waals surface area contributed by atoms with Crippen molar-refractivity contribution in [2.75, 3.05) is 27.3 Å². The lowest BCUT2D eigenvalue weighted by Gasteiger charge is -2.30. The van der Waals surface area contributed by atoms with Gasteiger partial charge in [0.05, 0.1) is 41.9 Å². The van der Waals surface area contributed by atoms with Crippen molar-refractivity contribution in [2.24, 2.45) is 7.05 Å². The summed E-state index contributed by atoms with van der Waals surface area (Å²) in [4.78, 5) is 33.7. The Morgan fingerprint density at radius 3 is 2.43 bits per heavy atom. The van der Waals surface area contributed by atoms with Crippen molar-refractivity contribution in [3.05, 3.63) is 57.4 Å². The first-order valence-electron chi connectivity index (χ1n) is 12.0. The summed E-state index contributed by atoms with van der Waals surface area (Å²) in [5.41, 5.74) is 1.51. The zero-order valence-electron chi connectivity index (χ0n) is 21.4. The third-order valence-corrected chi connectivity index (χ3v) is 7.28. The van der Waals surface area contributed by atoms with Gasteiger partial charge in [-0.25, -0.2) is 13.8 Å². The van der Waals surface area contributed by atoms with Crippen molar-refractivity contribution in [1.82, 2.24) is 19.0 Å². The van der Waals surface area contributed by atoms with Gasteiger partial charge in [0.1, 0.15) is 6.17 Å². The molecule has 0 radical (unpaired) electrons. The fourth-order valence-electron chi connectivity index (χ4n) is 5.10. The molecular weight excluding hydrogens is 482 g/mol. The molecule has 0 saturated carbocycles. The van der Waals surface area contributed by atoms with E-state index < -0.39 is 23.5 Å². The van der Waals surface area contributed by atoms with E-state index in [4.69, 9.17) is 9.47 Å². The molecule has 0 bridgehead atoms. The van der Waals surface area contributed by atoms with Crippen molar-refractivity contribution < 1.29 is 23.0 Å². The largest absolute Gasteiger partial charge is 0.491 e. The number of methoxy groups -OCH3 is 2. The average molecular weight is 511 g/mol. The molecule has 1 aliphatic heterocycles. The number of rotatable bonds is 4. The average Bonchev–Trinajstić information content (AvgIpc) is 3.19. The van der Waals surface area contributed by atoms with Crippen LogP contribution in [0, 0.1) is 19.7 Å². The molecule has 0 aliphatic carbocycles. The fourth-order valence-corrected chi connectivity index (χ4v) is 5.10. The van der Waals surface area contributed by atoms with Gasteiger partial charge in [-0.05, 0) is 44.9 Å². The normalized spacial score (nSPS) is 14.5.